The molecule has 0 N–H and O–H groups in total. The number of rotatable bonds is 2. The Kier molecular flexibility index (Phi) is 2.50. The van der Waals surface area contributed by atoms with Crippen LogP contribution in [0.3, 0.4) is 0 Å². The number of nitrogens with zero attached hydrogens (tertiary/aromatic N) is 1. The van der Waals surface area contributed by atoms with E-state index in [0.29, 0.717) is 32.8 Å². The van der Waals surface area contributed by atoms with E-state index in [9.17, 15) is 5.26 Å². The second-order valence-electron chi connectivity index (χ2n) is 5.28. The van der Waals surface area contributed by atoms with Crippen LogP contribution in [-0.2, 0) is 23.7 Å². The maximum atomic E-state index is 9.41. The van der Waals surface area contributed by atoms with Crippen LogP contribution in [0, 0.1) is 17.2 Å². The molecule has 102 valence electrons. The van der Waals surface area contributed by atoms with Crippen LogP contribution in [0.2, 0.25) is 0 Å². The average molecular weight is 265 g/mol. The molecule has 0 aromatic heterocycles. The molecule has 0 aliphatic carbocycles. The van der Waals surface area contributed by atoms with Gasteiger partial charge >= 0.3 is 0 Å². The largest absolute Gasteiger partial charge is 0.348 e. The molecule has 0 saturated carbocycles. The van der Waals surface area contributed by atoms with Gasteiger partial charge in [0.2, 0.25) is 0 Å². The van der Waals surface area contributed by atoms with Gasteiger partial charge in [-0.2, -0.15) is 5.26 Å². The zero-order valence-corrected chi connectivity index (χ0v) is 10.4. The molecule has 0 aromatic rings. The summed E-state index contributed by atoms with van der Waals surface area (Å²) in [5.74, 6) is -0.312. The Hall–Kier alpha value is -0.970. The zero-order chi connectivity index (χ0) is 12.9. The molecular weight excluding hydrogens is 250 g/mol. The molecule has 0 amide bonds. The van der Waals surface area contributed by atoms with Gasteiger partial charge in [-0.25, -0.2) is 0 Å². The summed E-state index contributed by atoms with van der Waals surface area (Å²) >= 11 is 0. The molecule has 4 aliphatic rings. The molecule has 4 rings (SSSR count). The minimum atomic E-state index is -0.819. The first-order valence-electron chi connectivity index (χ1n) is 6.56. The third-order valence-corrected chi connectivity index (χ3v) is 4.23. The summed E-state index contributed by atoms with van der Waals surface area (Å²) in [4.78, 5) is 0. The second kappa shape index (κ2) is 4.01. The highest BCUT2D eigenvalue weighted by molar-refractivity contribution is 5.32. The zero-order valence-electron chi connectivity index (χ0n) is 10.4. The maximum absolute atomic E-state index is 9.41. The van der Waals surface area contributed by atoms with E-state index >= 15 is 0 Å². The Morgan fingerprint density at radius 1 is 0.947 bits per heavy atom. The van der Waals surface area contributed by atoms with Crippen molar-refractivity contribution in [3.63, 3.8) is 0 Å². The van der Waals surface area contributed by atoms with Gasteiger partial charge in [-0.3, -0.25) is 0 Å². The Labute approximate surface area is 110 Å². The van der Waals surface area contributed by atoms with Crippen LogP contribution in [-0.4, -0.2) is 50.2 Å². The molecule has 6 nitrogen and oxygen atoms in total. The van der Waals surface area contributed by atoms with E-state index < -0.39 is 23.8 Å². The predicted octanol–water partition coefficient (Wildman–Crippen LogP) is 0.340. The maximum Gasteiger partial charge on any atom is 0.191 e. The third-order valence-electron chi connectivity index (χ3n) is 4.23. The number of fused-ring (bicyclic) bond motifs is 2. The topological polar surface area (TPSA) is 69.9 Å². The minimum absolute atomic E-state index is 0.312. The van der Waals surface area contributed by atoms with Crippen LogP contribution in [0.5, 0.6) is 0 Å². The summed E-state index contributed by atoms with van der Waals surface area (Å²) in [5.41, 5.74) is -1.49. The van der Waals surface area contributed by atoms with Gasteiger partial charge in [-0.05, 0) is 12.2 Å². The highest BCUT2D eigenvalue weighted by atomic mass is 16.8. The van der Waals surface area contributed by atoms with Crippen molar-refractivity contribution in [3.8, 4) is 6.07 Å². The van der Waals surface area contributed by atoms with Gasteiger partial charge in [0.25, 0.3) is 0 Å². The fourth-order valence-corrected chi connectivity index (χ4v) is 3.36. The van der Waals surface area contributed by atoms with Crippen molar-refractivity contribution in [2.45, 2.75) is 30.2 Å². The Morgan fingerprint density at radius 3 is 2.21 bits per heavy atom. The van der Waals surface area contributed by atoms with Crippen molar-refractivity contribution in [1.82, 2.24) is 0 Å². The fraction of sp³-hybridized carbons (Fsp3) is 0.769. The van der Waals surface area contributed by atoms with Crippen molar-refractivity contribution in [1.29, 1.82) is 5.26 Å². The second-order valence-corrected chi connectivity index (χ2v) is 5.28. The van der Waals surface area contributed by atoms with Crippen molar-refractivity contribution in [2.75, 3.05) is 26.4 Å². The Bertz CT molecular complexity index is 448. The smallest absolute Gasteiger partial charge is 0.191 e. The van der Waals surface area contributed by atoms with Gasteiger partial charge in [0.15, 0.2) is 18.2 Å². The Balaban J connectivity index is 1.67. The van der Waals surface area contributed by atoms with E-state index in [4.69, 9.17) is 23.7 Å². The first kappa shape index (κ1) is 11.8. The number of hydrogen-bond acceptors (Lipinski definition) is 6. The lowest BCUT2D eigenvalue weighted by Crippen LogP contribution is -2.45. The van der Waals surface area contributed by atoms with E-state index in [2.05, 4.69) is 6.07 Å². The number of nitriles is 1. The van der Waals surface area contributed by atoms with Gasteiger partial charge in [-0.1, -0.05) is 0 Å². The van der Waals surface area contributed by atoms with Crippen LogP contribution in [0.25, 0.3) is 0 Å². The number of hydrogen-bond donors (Lipinski definition) is 0. The van der Waals surface area contributed by atoms with Crippen LogP contribution in [0.4, 0.5) is 0 Å². The van der Waals surface area contributed by atoms with Crippen molar-refractivity contribution in [2.24, 2.45) is 5.92 Å². The summed E-state index contributed by atoms with van der Waals surface area (Å²) < 4.78 is 28.5. The van der Waals surface area contributed by atoms with Crippen LogP contribution in [0.1, 0.15) is 6.42 Å². The fourth-order valence-electron chi connectivity index (χ4n) is 3.36. The first-order chi connectivity index (χ1) is 9.29. The van der Waals surface area contributed by atoms with Crippen LogP contribution in [0.15, 0.2) is 12.2 Å². The summed E-state index contributed by atoms with van der Waals surface area (Å²) in [6.45, 7) is 2.19. The minimum Gasteiger partial charge on any atom is -0.348 e. The van der Waals surface area contributed by atoms with E-state index in [1.54, 1.807) is 0 Å². The van der Waals surface area contributed by atoms with E-state index in [-0.39, 0.29) is 5.92 Å². The molecule has 4 heterocycles. The van der Waals surface area contributed by atoms with E-state index in [1.807, 2.05) is 12.2 Å². The highest BCUT2D eigenvalue weighted by Crippen LogP contribution is 2.54. The van der Waals surface area contributed by atoms with Crippen LogP contribution >= 0.6 is 0 Å². The molecule has 0 spiro atoms. The predicted molar refractivity (Wildman–Crippen MR) is 60.8 cm³/mol. The quantitative estimate of drug-likeness (QED) is 0.671. The van der Waals surface area contributed by atoms with Gasteiger partial charge in [0, 0.05) is 6.42 Å². The monoisotopic (exact) mass is 265 g/mol. The first-order valence-corrected chi connectivity index (χ1v) is 6.56. The standard InChI is InChI=1S/C13H15NO5/c14-8-9-7-12(10-15-3-4-16-10)1-2-13(9,19-12)11-17-5-6-18-11/h1-2,9-11H,3-7H2. The van der Waals surface area contributed by atoms with Crippen molar-refractivity contribution >= 4 is 0 Å². The SMILES string of the molecule is N#CC1CC2(C3OCCO3)C=CC1(C1OCCO1)O2. The van der Waals surface area contributed by atoms with Crippen LogP contribution < -0.4 is 0 Å². The molecule has 3 fully saturated rings. The van der Waals surface area contributed by atoms with E-state index in [0.717, 1.165) is 0 Å². The molecule has 3 saturated heterocycles. The van der Waals surface area contributed by atoms with E-state index in [1.165, 1.54) is 0 Å². The van der Waals surface area contributed by atoms with Crippen molar-refractivity contribution < 1.29 is 23.7 Å². The third kappa shape index (κ3) is 1.48. The van der Waals surface area contributed by atoms with Gasteiger partial charge in [0.05, 0.1) is 38.4 Å². The normalized spacial score (nSPS) is 46.2. The molecule has 19 heavy (non-hydrogen) atoms. The van der Waals surface area contributed by atoms with Crippen molar-refractivity contribution in [3.05, 3.63) is 12.2 Å². The highest BCUT2D eigenvalue weighted by Gasteiger charge is 2.66. The Morgan fingerprint density at radius 2 is 1.58 bits per heavy atom. The molecule has 2 bridgehead atoms. The lowest BCUT2D eigenvalue weighted by molar-refractivity contribution is -0.227. The number of ether oxygens (including phenoxy) is 5. The molecule has 3 atom stereocenters. The summed E-state index contributed by atoms with van der Waals surface area (Å²) in [5, 5.41) is 9.41. The van der Waals surface area contributed by atoms with Gasteiger partial charge in [-0.15, -0.1) is 0 Å². The van der Waals surface area contributed by atoms with Gasteiger partial charge < -0.3 is 23.7 Å². The molecule has 3 unspecified atom stereocenters. The molecule has 6 heteroatoms. The summed E-state index contributed by atoms with van der Waals surface area (Å²) in [6.07, 6.45) is 3.44. The summed E-state index contributed by atoms with van der Waals surface area (Å²) in [6, 6.07) is 2.31. The van der Waals surface area contributed by atoms with Gasteiger partial charge in [0.1, 0.15) is 5.60 Å². The molecule has 0 radical (unpaired) electrons. The molecule has 0 aromatic carbocycles. The lowest BCUT2D eigenvalue weighted by Gasteiger charge is -2.31. The molecule has 4 aliphatic heterocycles. The average Bonchev–Trinajstić information content (AvgIpc) is 3.18. The molecular formula is C13H15NO5. The summed E-state index contributed by atoms with van der Waals surface area (Å²) in [7, 11) is 0. The lowest BCUT2D eigenvalue weighted by atomic mass is 9.79.